The average Bonchev–Trinajstić information content (AvgIpc) is 3.22. The molecule has 3 aromatic rings. The van der Waals surface area contributed by atoms with E-state index in [0.29, 0.717) is 12.1 Å². The van der Waals surface area contributed by atoms with Crippen molar-refractivity contribution in [2.75, 3.05) is 6.54 Å². The van der Waals surface area contributed by atoms with E-state index in [1.165, 1.54) is 42.7 Å². The van der Waals surface area contributed by atoms with Crippen LogP contribution in [0.1, 0.15) is 16.6 Å². The van der Waals surface area contributed by atoms with Crippen molar-refractivity contribution in [2.45, 2.75) is 21.2 Å². The molecule has 1 atom stereocenters. The van der Waals surface area contributed by atoms with Gasteiger partial charge in [-0.05, 0) is 42.5 Å². The third kappa shape index (κ3) is 4.97. The Morgan fingerprint density at radius 1 is 0.903 bits per heavy atom. The van der Waals surface area contributed by atoms with Crippen molar-refractivity contribution in [1.29, 1.82) is 0 Å². The largest absolute Gasteiger partial charge is 0.468 e. The summed E-state index contributed by atoms with van der Waals surface area (Å²) in [6.45, 7) is -0.730. The molecule has 166 valence electrons. The van der Waals surface area contributed by atoms with Crippen LogP contribution in [-0.4, -0.2) is 23.4 Å². The molecule has 0 aliphatic heterocycles. The number of rotatable bonds is 7. The minimum absolute atomic E-state index is 0.0679. The Bertz CT molecular complexity index is 1260. The molecule has 0 saturated carbocycles. The lowest BCUT2D eigenvalue weighted by molar-refractivity contribution is -0.140. The molecule has 0 fully saturated rings. The van der Waals surface area contributed by atoms with Gasteiger partial charge >= 0.3 is 6.18 Å². The normalized spacial score (nSPS) is 13.8. The zero-order valence-corrected chi connectivity index (χ0v) is 17.1. The number of halogens is 4. The van der Waals surface area contributed by atoms with Gasteiger partial charge in [0.25, 0.3) is 0 Å². The number of alkyl halides is 3. The van der Waals surface area contributed by atoms with Crippen LogP contribution in [-0.2, 0) is 26.0 Å². The number of hydrogen-bond donors (Lipinski definition) is 1. The molecular formula is C19H15F4NO5S2. The Hall–Kier alpha value is -2.70. The average molecular weight is 477 g/mol. The van der Waals surface area contributed by atoms with Gasteiger partial charge in [-0.25, -0.2) is 25.9 Å². The molecule has 0 aliphatic carbocycles. The van der Waals surface area contributed by atoms with Crippen LogP contribution in [0.15, 0.2) is 81.1 Å². The Kier molecular flexibility index (Phi) is 6.25. The number of sulfonamides is 1. The van der Waals surface area contributed by atoms with Crippen LogP contribution in [0.5, 0.6) is 0 Å². The summed E-state index contributed by atoms with van der Waals surface area (Å²) in [4.78, 5) is -0.965. The molecule has 2 aromatic carbocycles. The third-order valence-corrected chi connectivity index (χ3v) is 7.82. The van der Waals surface area contributed by atoms with Crippen molar-refractivity contribution in [2.24, 2.45) is 0 Å². The first-order chi connectivity index (χ1) is 14.4. The lowest BCUT2D eigenvalue weighted by Gasteiger charge is -2.17. The van der Waals surface area contributed by atoms with Crippen LogP contribution in [0.2, 0.25) is 0 Å². The van der Waals surface area contributed by atoms with Crippen molar-refractivity contribution in [3.8, 4) is 0 Å². The molecule has 0 radical (unpaired) electrons. The first-order valence-corrected chi connectivity index (χ1v) is 11.6. The Labute approximate surface area is 175 Å². The highest BCUT2D eigenvalue weighted by atomic mass is 32.2. The second-order valence-corrected chi connectivity index (χ2v) is 10.3. The zero-order chi connectivity index (χ0) is 22.9. The standard InChI is InChI=1S/C19H15F4NO5S2/c20-16-9-8-14(11-15(16)19(21,22)23)31(27,28)24-12-18(17-7-4-10-29-17)30(25,26)13-5-2-1-3-6-13/h1-11,18,24H,12H2/t18-/m0/s1. The van der Waals surface area contributed by atoms with E-state index >= 15 is 0 Å². The summed E-state index contributed by atoms with van der Waals surface area (Å²) in [6.07, 6.45) is -3.91. The predicted octanol–water partition coefficient (Wildman–Crippen LogP) is 3.93. The van der Waals surface area contributed by atoms with Crippen molar-refractivity contribution in [1.82, 2.24) is 4.72 Å². The van der Waals surface area contributed by atoms with Crippen LogP contribution < -0.4 is 4.72 Å². The van der Waals surface area contributed by atoms with E-state index in [2.05, 4.69) is 0 Å². The first kappa shape index (κ1) is 23.0. The molecular weight excluding hydrogens is 462 g/mol. The number of hydrogen-bond acceptors (Lipinski definition) is 5. The van der Waals surface area contributed by atoms with Crippen molar-refractivity contribution < 1.29 is 38.8 Å². The molecule has 0 unspecified atom stereocenters. The van der Waals surface area contributed by atoms with E-state index in [4.69, 9.17) is 4.42 Å². The summed E-state index contributed by atoms with van der Waals surface area (Å²) in [6, 6.07) is 11.1. The third-order valence-electron chi connectivity index (χ3n) is 4.32. The molecule has 0 aliphatic rings. The fourth-order valence-corrected chi connectivity index (χ4v) is 5.56. The van der Waals surface area contributed by atoms with Gasteiger partial charge in [0.05, 0.1) is 21.6 Å². The molecule has 0 amide bonds. The molecule has 0 spiro atoms. The molecule has 31 heavy (non-hydrogen) atoms. The van der Waals surface area contributed by atoms with Gasteiger partial charge in [-0.2, -0.15) is 13.2 Å². The molecule has 1 heterocycles. The highest BCUT2D eigenvalue weighted by Crippen LogP contribution is 2.33. The van der Waals surface area contributed by atoms with Crippen molar-refractivity contribution >= 4 is 19.9 Å². The molecule has 1 aromatic heterocycles. The van der Waals surface area contributed by atoms with Gasteiger partial charge in [0.2, 0.25) is 10.0 Å². The number of furan rings is 1. The second kappa shape index (κ2) is 8.44. The summed E-state index contributed by atoms with van der Waals surface area (Å²) in [5.74, 6) is -1.70. The molecule has 6 nitrogen and oxygen atoms in total. The van der Waals surface area contributed by atoms with E-state index in [9.17, 15) is 34.4 Å². The van der Waals surface area contributed by atoms with E-state index in [0.717, 1.165) is 0 Å². The SMILES string of the molecule is O=S(=O)(NC[C@@H](c1ccco1)S(=O)(=O)c1ccccc1)c1ccc(F)c(C(F)(F)F)c1. The van der Waals surface area contributed by atoms with Crippen molar-refractivity contribution in [3.63, 3.8) is 0 Å². The van der Waals surface area contributed by atoms with Crippen LogP contribution in [0.25, 0.3) is 0 Å². The molecule has 3 rings (SSSR count). The van der Waals surface area contributed by atoms with Crippen LogP contribution in [0.4, 0.5) is 17.6 Å². The van der Waals surface area contributed by atoms with Crippen LogP contribution >= 0.6 is 0 Å². The highest BCUT2D eigenvalue weighted by Gasteiger charge is 2.36. The number of sulfone groups is 1. The maximum Gasteiger partial charge on any atom is 0.419 e. The predicted molar refractivity (Wildman–Crippen MR) is 102 cm³/mol. The summed E-state index contributed by atoms with van der Waals surface area (Å²) in [5, 5.41) is -1.50. The van der Waals surface area contributed by atoms with Gasteiger partial charge < -0.3 is 4.42 Å². The van der Waals surface area contributed by atoms with Gasteiger partial charge in [0.1, 0.15) is 16.8 Å². The lowest BCUT2D eigenvalue weighted by Crippen LogP contribution is -2.32. The maximum atomic E-state index is 13.5. The van der Waals surface area contributed by atoms with Gasteiger partial charge in [0, 0.05) is 6.54 Å². The maximum absolute atomic E-state index is 13.5. The van der Waals surface area contributed by atoms with Gasteiger partial charge in [-0.1, -0.05) is 18.2 Å². The van der Waals surface area contributed by atoms with E-state index in [-0.39, 0.29) is 16.7 Å². The Morgan fingerprint density at radius 3 is 2.16 bits per heavy atom. The van der Waals surface area contributed by atoms with Crippen LogP contribution in [0, 0.1) is 5.82 Å². The molecule has 12 heteroatoms. The molecule has 0 saturated heterocycles. The minimum Gasteiger partial charge on any atom is -0.468 e. The van der Waals surface area contributed by atoms with E-state index in [1.807, 2.05) is 4.72 Å². The zero-order valence-electron chi connectivity index (χ0n) is 15.5. The topological polar surface area (TPSA) is 93.4 Å². The summed E-state index contributed by atoms with van der Waals surface area (Å²) in [7, 11) is -8.74. The van der Waals surface area contributed by atoms with Gasteiger partial charge in [-0.15, -0.1) is 0 Å². The van der Waals surface area contributed by atoms with Gasteiger partial charge in [-0.3, -0.25) is 0 Å². The Morgan fingerprint density at radius 2 is 1.58 bits per heavy atom. The lowest BCUT2D eigenvalue weighted by atomic mass is 10.2. The fraction of sp³-hybridized carbons (Fsp3) is 0.158. The van der Waals surface area contributed by atoms with E-state index < -0.39 is 54.1 Å². The Balaban J connectivity index is 1.94. The molecule has 1 N–H and O–H groups in total. The fourth-order valence-electron chi connectivity index (χ4n) is 2.77. The van der Waals surface area contributed by atoms with Crippen LogP contribution in [0.3, 0.4) is 0 Å². The van der Waals surface area contributed by atoms with E-state index in [1.54, 1.807) is 6.07 Å². The minimum atomic E-state index is -5.11. The molecule has 0 bridgehead atoms. The highest BCUT2D eigenvalue weighted by molar-refractivity contribution is 7.92. The quantitative estimate of drug-likeness (QED) is 0.521. The summed E-state index contributed by atoms with van der Waals surface area (Å²) < 4.78 is 110. The van der Waals surface area contributed by atoms with Gasteiger partial charge in [0.15, 0.2) is 9.84 Å². The second-order valence-electron chi connectivity index (χ2n) is 6.35. The van der Waals surface area contributed by atoms with Crippen molar-refractivity contribution in [3.05, 3.63) is 84.1 Å². The number of nitrogens with one attached hydrogen (secondary N) is 1. The number of benzene rings is 2. The summed E-state index contributed by atoms with van der Waals surface area (Å²) in [5.41, 5.74) is -1.75. The summed E-state index contributed by atoms with van der Waals surface area (Å²) >= 11 is 0. The monoisotopic (exact) mass is 477 g/mol. The first-order valence-electron chi connectivity index (χ1n) is 8.62. The smallest absolute Gasteiger partial charge is 0.419 e.